The van der Waals surface area contributed by atoms with Gasteiger partial charge in [0.15, 0.2) is 0 Å². The Balaban J connectivity index is 1.53. The number of hydrogen-bond donors (Lipinski definition) is 1. The lowest BCUT2D eigenvalue weighted by molar-refractivity contribution is -0.124. The second kappa shape index (κ2) is 6.27. The van der Waals surface area contributed by atoms with E-state index in [4.69, 9.17) is 9.47 Å². The van der Waals surface area contributed by atoms with Crippen LogP contribution in [-0.4, -0.2) is 24.7 Å². The van der Waals surface area contributed by atoms with Crippen molar-refractivity contribution in [2.75, 3.05) is 11.9 Å². The fourth-order valence-electron chi connectivity index (χ4n) is 2.82. The minimum absolute atomic E-state index is 0.0491. The molecule has 1 aromatic rings. The highest BCUT2D eigenvalue weighted by Gasteiger charge is 2.23. The van der Waals surface area contributed by atoms with Gasteiger partial charge in [-0.25, -0.2) is 0 Å². The minimum atomic E-state index is -0.288. The molecule has 1 heterocycles. The van der Waals surface area contributed by atoms with Crippen molar-refractivity contribution in [1.29, 1.82) is 0 Å². The standard InChI is InChI=1S/C16H21NO3/c18-16(15-6-3-11-19-15)17-12-7-9-14(10-8-12)20-13-4-1-2-5-13/h7-10,13,15H,1-6,11H2,(H,17,18). The zero-order valence-corrected chi connectivity index (χ0v) is 11.6. The number of hydrogen-bond acceptors (Lipinski definition) is 3. The van der Waals surface area contributed by atoms with Crippen molar-refractivity contribution in [3.05, 3.63) is 24.3 Å². The summed E-state index contributed by atoms with van der Waals surface area (Å²) in [6, 6.07) is 7.61. The van der Waals surface area contributed by atoms with E-state index in [-0.39, 0.29) is 12.0 Å². The van der Waals surface area contributed by atoms with Crippen molar-refractivity contribution in [3.63, 3.8) is 0 Å². The molecule has 1 unspecified atom stereocenters. The van der Waals surface area contributed by atoms with E-state index in [1.54, 1.807) is 0 Å². The molecule has 0 aromatic heterocycles. The highest BCUT2D eigenvalue weighted by Crippen LogP contribution is 2.25. The Labute approximate surface area is 119 Å². The first kappa shape index (κ1) is 13.4. The number of amides is 1. The number of benzene rings is 1. The fraction of sp³-hybridized carbons (Fsp3) is 0.562. The van der Waals surface area contributed by atoms with E-state index in [2.05, 4.69) is 5.32 Å². The zero-order chi connectivity index (χ0) is 13.8. The average Bonchev–Trinajstić information content (AvgIpc) is 3.13. The molecule has 1 saturated carbocycles. The lowest BCUT2D eigenvalue weighted by Gasteiger charge is -2.14. The van der Waals surface area contributed by atoms with Gasteiger partial charge in [0.2, 0.25) is 0 Å². The predicted octanol–water partition coefficient (Wildman–Crippen LogP) is 3.13. The first-order chi connectivity index (χ1) is 9.81. The highest BCUT2D eigenvalue weighted by atomic mass is 16.5. The Morgan fingerprint density at radius 2 is 1.85 bits per heavy atom. The number of carbonyl (C=O) groups excluding carboxylic acids is 1. The summed E-state index contributed by atoms with van der Waals surface area (Å²) in [5.41, 5.74) is 0.796. The monoisotopic (exact) mass is 275 g/mol. The maximum absolute atomic E-state index is 11.9. The van der Waals surface area contributed by atoms with E-state index in [1.807, 2.05) is 24.3 Å². The number of rotatable bonds is 4. The predicted molar refractivity (Wildman–Crippen MR) is 76.9 cm³/mol. The first-order valence-corrected chi connectivity index (χ1v) is 7.50. The lowest BCUT2D eigenvalue weighted by atomic mass is 10.2. The van der Waals surface area contributed by atoms with Crippen LogP contribution in [0.4, 0.5) is 5.69 Å². The van der Waals surface area contributed by atoms with Crippen LogP contribution in [0.2, 0.25) is 0 Å². The van der Waals surface area contributed by atoms with Crippen LogP contribution in [0.25, 0.3) is 0 Å². The van der Waals surface area contributed by atoms with Gasteiger partial charge < -0.3 is 14.8 Å². The van der Waals surface area contributed by atoms with Crippen molar-refractivity contribution >= 4 is 11.6 Å². The van der Waals surface area contributed by atoms with Crippen molar-refractivity contribution < 1.29 is 14.3 Å². The third kappa shape index (κ3) is 3.31. The number of carbonyl (C=O) groups is 1. The summed E-state index contributed by atoms with van der Waals surface area (Å²) in [5.74, 6) is 0.832. The summed E-state index contributed by atoms with van der Waals surface area (Å²) in [5, 5.41) is 2.89. The highest BCUT2D eigenvalue weighted by molar-refractivity contribution is 5.94. The third-order valence-electron chi connectivity index (χ3n) is 3.95. The van der Waals surface area contributed by atoms with E-state index in [0.717, 1.165) is 37.1 Å². The molecule has 1 aromatic carbocycles. The summed E-state index contributed by atoms with van der Waals surface area (Å²) in [6.45, 7) is 0.687. The maximum Gasteiger partial charge on any atom is 0.253 e. The smallest absolute Gasteiger partial charge is 0.253 e. The maximum atomic E-state index is 11.9. The van der Waals surface area contributed by atoms with Gasteiger partial charge in [0.1, 0.15) is 11.9 Å². The molecule has 4 nitrogen and oxygen atoms in total. The number of nitrogens with one attached hydrogen (secondary N) is 1. The molecule has 1 saturated heterocycles. The van der Waals surface area contributed by atoms with Crippen molar-refractivity contribution in [2.45, 2.75) is 50.7 Å². The minimum Gasteiger partial charge on any atom is -0.490 e. The molecule has 0 radical (unpaired) electrons. The number of anilines is 1. The van der Waals surface area contributed by atoms with Crippen LogP contribution in [0.5, 0.6) is 5.75 Å². The van der Waals surface area contributed by atoms with Crippen LogP contribution in [0.3, 0.4) is 0 Å². The Kier molecular flexibility index (Phi) is 4.21. The van der Waals surface area contributed by atoms with Crippen molar-refractivity contribution in [3.8, 4) is 5.75 Å². The summed E-state index contributed by atoms with van der Waals surface area (Å²) < 4.78 is 11.3. The fourth-order valence-corrected chi connectivity index (χ4v) is 2.82. The van der Waals surface area contributed by atoms with Gasteiger partial charge >= 0.3 is 0 Å². The summed E-state index contributed by atoms with van der Waals surface area (Å²) in [6.07, 6.45) is 6.68. The first-order valence-electron chi connectivity index (χ1n) is 7.50. The second-order valence-electron chi connectivity index (χ2n) is 5.54. The van der Waals surface area contributed by atoms with Gasteiger partial charge in [0, 0.05) is 12.3 Å². The molecule has 108 valence electrons. The summed E-state index contributed by atoms with van der Waals surface area (Å²) in [7, 11) is 0. The molecule has 2 fully saturated rings. The van der Waals surface area contributed by atoms with Crippen LogP contribution in [0.1, 0.15) is 38.5 Å². The molecule has 0 spiro atoms. The molecule has 1 amide bonds. The molecular formula is C16H21NO3. The van der Waals surface area contributed by atoms with Crippen LogP contribution in [-0.2, 0) is 9.53 Å². The second-order valence-corrected chi connectivity index (χ2v) is 5.54. The summed E-state index contributed by atoms with van der Waals surface area (Å²) >= 11 is 0. The van der Waals surface area contributed by atoms with Crippen LogP contribution >= 0.6 is 0 Å². The van der Waals surface area contributed by atoms with Gasteiger partial charge in [-0.2, -0.15) is 0 Å². The molecule has 4 heteroatoms. The molecule has 1 aliphatic heterocycles. The van der Waals surface area contributed by atoms with Gasteiger partial charge in [-0.3, -0.25) is 4.79 Å². The molecule has 2 aliphatic rings. The topological polar surface area (TPSA) is 47.6 Å². The van der Waals surface area contributed by atoms with Crippen molar-refractivity contribution in [1.82, 2.24) is 0 Å². The molecule has 20 heavy (non-hydrogen) atoms. The van der Waals surface area contributed by atoms with Gasteiger partial charge in [0.05, 0.1) is 6.10 Å². The molecule has 1 aliphatic carbocycles. The average molecular weight is 275 g/mol. The van der Waals surface area contributed by atoms with Gasteiger partial charge in [-0.1, -0.05) is 0 Å². The third-order valence-corrected chi connectivity index (χ3v) is 3.95. The Morgan fingerprint density at radius 1 is 1.10 bits per heavy atom. The lowest BCUT2D eigenvalue weighted by Crippen LogP contribution is -2.26. The number of ether oxygens (including phenoxy) is 2. The van der Waals surface area contributed by atoms with Crippen LogP contribution in [0, 0.1) is 0 Å². The van der Waals surface area contributed by atoms with Crippen LogP contribution < -0.4 is 10.1 Å². The van der Waals surface area contributed by atoms with E-state index in [1.165, 1.54) is 12.8 Å². The molecule has 1 N–H and O–H groups in total. The van der Waals surface area contributed by atoms with E-state index in [9.17, 15) is 4.79 Å². The Hall–Kier alpha value is -1.55. The molecule has 3 rings (SSSR count). The van der Waals surface area contributed by atoms with Gasteiger partial charge in [-0.05, 0) is 62.8 Å². The van der Waals surface area contributed by atoms with E-state index >= 15 is 0 Å². The van der Waals surface area contributed by atoms with Gasteiger partial charge in [0.25, 0.3) is 5.91 Å². The molecule has 1 atom stereocenters. The molecule has 0 bridgehead atoms. The summed E-state index contributed by atoms with van der Waals surface area (Å²) in [4.78, 5) is 11.9. The quantitative estimate of drug-likeness (QED) is 0.918. The Morgan fingerprint density at radius 3 is 2.50 bits per heavy atom. The normalized spacial score (nSPS) is 22.9. The van der Waals surface area contributed by atoms with E-state index < -0.39 is 0 Å². The molecular weight excluding hydrogens is 254 g/mol. The zero-order valence-electron chi connectivity index (χ0n) is 11.6. The largest absolute Gasteiger partial charge is 0.490 e. The van der Waals surface area contributed by atoms with Gasteiger partial charge in [-0.15, -0.1) is 0 Å². The van der Waals surface area contributed by atoms with E-state index in [0.29, 0.717) is 12.7 Å². The van der Waals surface area contributed by atoms with Crippen LogP contribution in [0.15, 0.2) is 24.3 Å². The SMILES string of the molecule is O=C(Nc1ccc(OC2CCCC2)cc1)C1CCCO1. The Bertz CT molecular complexity index is 445. The van der Waals surface area contributed by atoms with Crippen molar-refractivity contribution in [2.24, 2.45) is 0 Å².